The summed E-state index contributed by atoms with van der Waals surface area (Å²) in [7, 11) is 0. The van der Waals surface area contributed by atoms with Crippen molar-refractivity contribution in [2.45, 2.75) is 13.5 Å². The summed E-state index contributed by atoms with van der Waals surface area (Å²) in [5.41, 5.74) is 3.33. The topological polar surface area (TPSA) is 62.1 Å². The number of benzene rings is 3. The molecule has 0 fully saturated rings. The zero-order valence-electron chi connectivity index (χ0n) is 15.9. The number of rotatable bonds is 6. The molecule has 3 aromatic carbocycles. The van der Waals surface area contributed by atoms with Crippen LogP contribution in [-0.2, 0) is 11.4 Å². The average molecular weight is 403 g/mol. The standard InChI is InChI=1S/C24H19ClN2O2/c1-17-5-2-9-22(11-17)27-24(28)20(15-26)12-18-6-4-10-23(14-18)29-16-19-7-3-8-21(25)13-19/h2-14H,16H2,1H3,(H,27,28)/b20-12-. The van der Waals surface area contributed by atoms with Gasteiger partial charge in [0.25, 0.3) is 5.91 Å². The average Bonchev–Trinajstić information content (AvgIpc) is 2.71. The van der Waals surface area contributed by atoms with E-state index in [0.29, 0.717) is 28.6 Å². The number of nitriles is 1. The van der Waals surface area contributed by atoms with E-state index < -0.39 is 5.91 Å². The van der Waals surface area contributed by atoms with Gasteiger partial charge in [-0.3, -0.25) is 4.79 Å². The lowest BCUT2D eigenvalue weighted by Crippen LogP contribution is -2.13. The Kier molecular flexibility index (Phi) is 6.67. The van der Waals surface area contributed by atoms with Crippen LogP contribution in [0.15, 0.2) is 78.4 Å². The van der Waals surface area contributed by atoms with Crippen molar-refractivity contribution in [1.82, 2.24) is 0 Å². The summed E-state index contributed by atoms with van der Waals surface area (Å²) in [6.07, 6.45) is 1.54. The lowest BCUT2D eigenvalue weighted by atomic mass is 10.1. The first-order valence-corrected chi connectivity index (χ1v) is 9.38. The number of hydrogen-bond donors (Lipinski definition) is 1. The predicted molar refractivity (Wildman–Crippen MR) is 116 cm³/mol. The highest BCUT2D eigenvalue weighted by Crippen LogP contribution is 2.19. The minimum Gasteiger partial charge on any atom is -0.489 e. The molecule has 4 nitrogen and oxygen atoms in total. The SMILES string of the molecule is Cc1cccc(NC(=O)/C(C#N)=C\c2cccc(OCc3cccc(Cl)c3)c2)c1. The molecule has 29 heavy (non-hydrogen) atoms. The van der Waals surface area contributed by atoms with Crippen LogP contribution in [0.2, 0.25) is 5.02 Å². The Labute approximate surface area is 175 Å². The number of hydrogen-bond acceptors (Lipinski definition) is 3. The maximum atomic E-state index is 12.4. The van der Waals surface area contributed by atoms with E-state index in [1.165, 1.54) is 6.08 Å². The zero-order chi connectivity index (χ0) is 20.6. The summed E-state index contributed by atoms with van der Waals surface area (Å²) >= 11 is 5.99. The fourth-order valence-corrected chi connectivity index (χ4v) is 2.94. The summed E-state index contributed by atoms with van der Waals surface area (Å²) in [5, 5.41) is 12.8. The van der Waals surface area contributed by atoms with Crippen LogP contribution in [0.4, 0.5) is 5.69 Å². The van der Waals surface area contributed by atoms with Crippen molar-refractivity contribution in [2.24, 2.45) is 0 Å². The van der Waals surface area contributed by atoms with Gasteiger partial charge in [0, 0.05) is 10.7 Å². The molecule has 0 atom stereocenters. The molecule has 1 amide bonds. The highest BCUT2D eigenvalue weighted by atomic mass is 35.5. The second-order valence-corrected chi connectivity index (χ2v) is 6.92. The van der Waals surface area contributed by atoms with Gasteiger partial charge < -0.3 is 10.1 Å². The van der Waals surface area contributed by atoms with Crippen molar-refractivity contribution >= 4 is 29.3 Å². The number of ether oxygens (including phenoxy) is 1. The highest BCUT2D eigenvalue weighted by Gasteiger charge is 2.10. The van der Waals surface area contributed by atoms with Crippen LogP contribution < -0.4 is 10.1 Å². The first kappa shape index (κ1) is 20.2. The molecule has 3 rings (SSSR count). The Morgan fingerprint density at radius 2 is 1.90 bits per heavy atom. The Morgan fingerprint density at radius 3 is 2.66 bits per heavy atom. The van der Waals surface area contributed by atoms with E-state index in [-0.39, 0.29) is 5.57 Å². The maximum Gasteiger partial charge on any atom is 0.266 e. The van der Waals surface area contributed by atoms with Crippen LogP contribution in [0.5, 0.6) is 5.75 Å². The Balaban J connectivity index is 1.71. The molecule has 1 N–H and O–H groups in total. The molecular weight excluding hydrogens is 384 g/mol. The largest absolute Gasteiger partial charge is 0.489 e. The van der Waals surface area contributed by atoms with E-state index in [9.17, 15) is 10.1 Å². The molecule has 0 saturated carbocycles. The van der Waals surface area contributed by atoms with Crippen LogP contribution in [0, 0.1) is 18.3 Å². The first-order valence-electron chi connectivity index (χ1n) is 9.00. The van der Waals surface area contributed by atoms with Crippen molar-refractivity contribution in [3.05, 3.63) is 100 Å². The third-order valence-electron chi connectivity index (χ3n) is 4.10. The fraction of sp³-hybridized carbons (Fsp3) is 0.0833. The number of carbonyl (C=O) groups excluding carboxylic acids is 1. The molecule has 0 aliphatic carbocycles. The van der Waals surface area contributed by atoms with Crippen molar-refractivity contribution in [2.75, 3.05) is 5.32 Å². The molecule has 0 unspecified atom stereocenters. The summed E-state index contributed by atoms with van der Waals surface area (Å²) in [4.78, 5) is 12.4. The van der Waals surface area contributed by atoms with Crippen LogP contribution in [-0.4, -0.2) is 5.91 Å². The molecule has 0 aromatic heterocycles. The number of halogens is 1. The second kappa shape index (κ2) is 9.59. The van der Waals surface area contributed by atoms with E-state index >= 15 is 0 Å². The van der Waals surface area contributed by atoms with Gasteiger partial charge in [-0.2, -0.15) is 5.26 Å². The van der Waals surface area contributed by atoms with Crippen molar-refractivity contribution in [3.8, 4) is 11.8 Å². The van der Waals surface area contributed by atoms with Gasteiger partial charge in [0.2, 0.25) is 0 Å². The minimum absolute atomic E-state index is 0.0125. The molecule has 3 aromatic rings. The van der Waals surface area contributed by atoms with Crippen molar-refractivity contribution in [1.29, 1.82) is 5.26 Å². The molecule has 0 saturated heterocycles. The number of anilines is 1. The van der Waals surface area contributed by atoms with E-state index in [1.54, 1.807) is 12.1 Å². The van der Waals surface area contributed by atoms with E-state index in [0.717, 1.165) is 11.1 Å². The van der Waals surface area contributed by atoms with Crippen LogP contribution in [0.25, 0.3) is 6.08 Å². The molecule has 5 heteroatoms. The van der Waals surface area contributed by atoms with Gasteiger partial charge in [0.05, 0.1) is 0 Å². The summed E-state index contributed by atoms with van der Waals surface area (Å²) in [6, 6.07) is 24.0. The number of nitrogens with zero attached hydrogens (tertiary/aromatic N) is 1. The van der Waals surface area contributed by atoms with Gasteiger partial charge in [0.15, 0.2) is 0 Å². The van der Waals surface area contributed by atoms with Gasteiger partial charge in [-0.15, -0.1) is 0 Å². The van der Waals surface area contributed by atoms with Crippen LogP contribution in [0.1, 0.15) is 16.7 Å². The molecule has 0 bridgehead atoms. The maximum absolute atomic E-state index is 12.4. The summed E-state index contributed by atoms with van der Waals surface area (Å²) in [5.74, 6) is 0.179. The lowest BCUT2D eigenvalue weighted by molar-refractivity contribution is -0.112. The van der Waals surface area contributed by atoms with Gasteiger partial charge >= 0.3 is 0 Å². The Bertz CT molecular complexity index is 1100. The Hall–Kier alpha value is -3.55. The minimum atomic E-state index is -0.455. The van der Waals surface area contributed by atoms with Crippen LogP contribution >= 0.6 is 11.6 Å². The highest BCUT2D eigenvalue weighted by molar-refractivity contribution is 6.30. The lowest BCUT2D eigenvalue weighted by Gasteiger charge is -2.08. The second-order valence-electron chi connectivity index (χ2n) is 6.48. The molecule has 0 aliphatic rings. The summed E-state index contributed by atoms with van der Waals surface area (Å²) in [6.45, 7) is 2.30. The first-order chi connectivity index (χ1) is 14.0. The van der Waals surface area contributed by atoms with E-state index in [2.05, 4.69) is 5.32 Å². The third kappa shape index (κ3) is 5.97. The van der Waals surface area contributed by atoms with Gasteiger partial charge in [-0.25, -0.2) is 0 Å². The predicted octanol–water partition coefficient (Wildman–Crippen LogP) is 5.77. The zero-order valence-corrected chi connectivity index (χ0v) is 16.6. The smallest absolute Gasteiger partial charge is 0.266 e. The van der Waals surface area contributed by atoms with Gasteiger partial charge in [0.1, 0.15) is 24.0 Å². The van der Waals surface area contributed by atoms with Crippen molar-refractivity contribution < 1.29 is 9.53 Å². The quantitative estimate of drug-likeness (QED) is 0.420. The van der Waals surface area contributed by atoms with E-state index in [1.807, 2.05) is 73.7 Å². The molecule has 0 radical (unpaired) electrons. The van der Waals surface area contributed by atoms with Gasteiger partial charge in [-0.05, 0) is 66.1 Å². The normalized spacial score (nSPS) is 10.9. The number of carbonyl (C=O) groups is 1. The molecule has 0 heterocycles. The molecular formula is C24H19ClN2O2. The monoisotopic (exact) mass is 402 g/mol. The molecule has 144 valence electrons. The number of amides is 1. The summed E-state index contributed by atoms with van der Waals surface area (Å²) < 4.78 is 5.80. The Morgan fingerprint density at radius 1 is 1.10 bits per heavy atom. The number of aryl methyl sites for hydroxylation is 1. The number of nitrogens with one attached hydrogen (secondary N) is 1. The van der Waals surface area contributed by atoms with Crippen LogP contribution in [0.3, 0.4) is 0 Å². The fourth-order valence-electron chi connectivity index (χ4n) is 2.72. The van der Waals surface area contributed by atoms with Gasteiger partial charge in [-0.1, -0.05) is 48.0 Å². The van der Waals surface area contributed by atoms with E-state index in [4.69, 9.17) is 16.3 Å². The molecule has 0 aliphatic heterocycles. The molecule has 0 spiro atoms. The van der Waals surface area contributed by atoms with Crippen molar-refractivity contribution in [3.63, 3.8) is 0 Å². The third-order valence-corrected chi connectivity index (χ3v) is 4.34.